The number of hydrogen-bond acceptors (Lipinski definition) is 2. The Morgan fingerprint density at radius 3 is 2.35 bits per heavy atom. The van der Waals surface area contributed by atoms with Gasteiger partial charge in [0.1, 0.15) is 6.61 Å². The average molecular weight is 337 g/mol. The van der Waals surface area contributed by atoms with Gasteiger partial charge in [0.05, 0.1) is 5.02 Å². The van der Waals surface area contributed by atoms with E-state index in [1.165, 1.54) is 0 Å². The van der Waals surface area contributed by atoms with Crippen molar-refractivity contribution in [2.75, 3.05) is 6.61 Å². The second-order valence-corrected chi connectivity index (χ2v) is 5.62. The van der Waals surface area contributed by atoms with Crippen LogP contribution in [0.25, 0.3) is 0 Å². The minimum atomic E-state index is -1.97. The fourth-order valence-corrected chi connectivity index (χ4v) is 2.52. The molecule has 0 aliphatic rings. The largest absolute Gasteiger partial charge is 0.384 e. The number of benzene rings is 2. The summed E-state index contributed by atoms with van der Waals surface area (Å²) in [5.41, 5.74) is 0.206. The van der Waals surface area contributed by atoms with E-state index >= 15 is 0 Å². The Bertz CT molecular complexity index is 809. The lowest BCUT2D eigenvalue weighted by atomic mass is 9.85. The van der Waals surface area contributed by atoms with Crippen LogP contribution >= 0.6 is 11.6 Å². The predicted octanol–water partition coefficient (Wildman–Crippen LogP) is 3.47. The number of hydrogen-bond donors (Lipinski definition) is 2. The number of rotatable bonds is 2. The highest BCUT2D eigenvalue weighted by molar-refractivity contribution is 6.31. The predicted molar refractivity (Wildman–Crippen MR) is 85.1 cm³/mol. The number of halogens is 3. The van der Waals surface area contributed by atoms with E-state index in [0.29, 0.717) is 5.56 Å². The lowest BCUT2D eigenvalue weighted by Gasteiger charge is -2.25. The smallest absolute Gasteiger partial charge is 0.178 e. The summed E-state index contributed by atoms with van der Waals surface area (Å²) in [7, 11) is 0. The zero-order chi connectivity index (χ0) is 17.2. The standard InChI is InChI=1S/C18H15ClF2O2/c1-11-4-5-13(8-12(11)2)18(23,6-3-7-22)14-9-16(20)17(21)10-15(14)19/h4-5,8-10,22-23H,7H2,1-2H3. The molecular formula is C18H15ClF2O2. The topological polar surface area (TPSA) is 40.5 Å². The zero-order valence-electron chi connectivity index (χ0n) is 12.6. The van der Waals surface area contributed by atoms with E-state index in [1.54, 1.807) is 18.2 Å². The Kier molecular flexibility index (Phi) is 5.06. The van der Waals surface area contributed by atoms with E-state index in [0.717, 1.165) is 23.3 Å². The molecule has 23 heavy (non-hydrogen) atoms. The van der Waals surface area contributed by atoms with Gasteiger partial charge in [-0.05, 0) is 37.1 Å². The van der Waals surface area contributed by atoms with Crippen molar-refractivity contribution >= 4 is 11.6 Å². The first-order valence-electron chi connectivity index (χ1n) is 6.85. The second kappa shape index (κ2) is 6.67. The van der Waals surface area contributed by atoms with Crippen LogP contribution < -0.4 is 0 Å². The van der Waals surface area contributed by atoms with Gasteiger partial charge in [0, 0.05) is 11.1 Å². The number of aryl methyl sites for hydroxylation is 2. The zero-order valence-corrected chi connectivity index (χ0v) is 13.4. The molecule has 2 nitrogen and oxygen atoms in total. The van der Waals surface area contributed by atoms with Crippen molar-refractivity contribution in [1.82, 2.24) is 0 Å². The van der Waals surface area contributed by atoms with Gasteiger partial charge in [0.2, 0.25) is 0 Å². The first kappa shape index (κ1) is 17.4. The van der Waals surface area contributed by atoms with Crippen LogP contribution in [-0.2, 0) is 5.60 Å². The number of aliphatic hydroxyl groups is 2. The summed E-state index contributed by atoms with van der Waals surface area (Å²) in [6.45, 7) is 3.27. The first-order valence-corrected chi connectivity index (χ1v) is 7.23. The van der Waals surface area contributed by atoms with Crippen molar-refractivity contribution in [3.05, 3.63) is 69.2 Å². The fraction of sp³-hybridized carbons (Fsp3) is 0.222. The minimum absolute atomic E-state index is 0.0812. The molecule has 0 heterocycles. The molecule has 2 aromatic rings. The molecule has 5 heteroatoms. The molecule has 1 unspecified atom stereocenters. The summed E-state index contributed by atoms with van der Waals surface area (Å²) in [6, 6.07) is 6.72. The van der Waals surface area contributed by atoms with Crippen LogP contribution in [-0.4, -0.2) is 16.8 Å². The Morgan fingerprint density at radius 2 is 1.74 bits per heavy atom. The van der Waals surface area contributed by atoms with Crippen molar-refractivity contribution in [1.29, 1.82) is 0 Å². The van der Waals surface area contributed by atoms with Crippen LogP contribution in [0.15, 0.2) is 30.3 Å². The van der Waals surface area contributed by atoms with Crippen LogP contribution in [0.2, 0.25) is 5.02 Å². The lowest BCUT2D eigenvalue weighted by molar-refractivity contribution is 0.144. The number of aliphatic hydroxyl groups excluding tert-OH is 1. The van der Waals surface area contributed by atoms with Crippen molar-refractivity contribution in [3.63, 3.8) is 0 Å². The fourth-order valence-electron chi connectivity index (χ4n) is 2.23. The monoisotopic (exact) mass is 336 g/mol. The van der Waals surface area contributed by atoms with Gasteiger partial charge in [-0.1, -0.05) is 41.6 Å². The third-order valence-electron chi connectivity index (χ3n) is 3.67. The van der Waals surface area contributed by atoms with E-state index in [4.69, 9.17) is 16.7 Å². The van der Waals surface area contributed by atoms with Gasteiger partial charge in [-0.15, -0.1) is 0 Å². The van der Waals surface area contributed by atoms with Gasteiger partial charge < -0.3 is 10.2 Å². The van der Waals surface area contributed by atoms with Gasteiger partial charge in [-0.3, -0.25) is 0 Å². The molecule has 0 aliphatic heterocycles. The molecular weight excluding hydrogens is 322 g/mol. The molecule has 0 aromatic heterocycles. The quantitative estimate of drug-likeness (QED) is 0.651. The van der Waals surface area contributed by atoms with E-state index in [1.807, 2.05) is 13.8 Å². The SMILES string of the molecule is Cc1ccc(C(O)(C#CCO)c2cc(F)c(F)cc2Cl)cc1C. The minimum Gasteiger partial charge on any atom is -0.384 e. The molecule has 2 N–H and O–H groups in total. The molecule has 0 aliphatic carbocycles. The van der Waals surface area contributed by atoms with Crippen LogP contribution in [0.3, 0.4) is 0 Å². The molecule has 2 aromatic carbocycles. The molecule has 1 atom stereocenters. The molecule has 0 saturated carbocycles. The molecule has 0 bridgehead atoms. The third-order valence-corrected chi connectivity index (χ3v) is 3.99. The summed E-state index contributed by atoms with van der Waals surface area (Å²) in [4.78, 5) is 0. The van der Waals surface area contributed by atoms with Crippen molar-refractivity contribution in [2.24, 2.45) is 0 Å². The van der Waals surface area contributed by atoms with E-state index < -0.39 is 23.8 Å². The van der Waals surface area contributed by atoms with Gasteiger partial charge in [-0.25, -0.2) is 8.78 Å². The summed E-state index contributed by atoms with van der Waals surface area (Å²) in [5.74, 6) is 2.60. The van der Waals surface area contributed by atoms with Crippen molar-refractivity contribution in [3.8, 4) is 11.8 Å². The first-order chi connectivity index (χ1) is 10.8. The van der Waals surface area contributed by atoms with E-state index in [-0.39, 0.29) is 10.6 Å². The lowest BCUT2D eigenvalue weighted by Crippen LogP contribution is -2.26. The van der Waals surface area contributed by atoms with E-state index in [9.17, 15) is 13.9 Å². The second-order valence-electron chi connectivity index (χ2n) is 5.22. The summed E-state index contributed by atoms with van der Waals surface area (Å²) < 4.78 is 26.9. The Morgan fingerprint density at radius 1 is 1.09 bits per heavy atom. The molecule has 2 rings (SSSR count). The molecule has 0 saturated heterocycles. The van der Waals surface area contributed by atoms with Gasteiger partial charge in [0.25, 0.3) is 0 Å². The van der Waals surface area contributed by atoms with Gasteiger partial charge >= 0.3 is 0 Å². The normalized spacial score (nSPS) is 13.2. The van der Waals surface area contributed by atoms with Crippen LogP contribution in [0.1, 0.15) is 22.3 Å². The highest BCUT2D eigenvalue weighted by atomic mass is 35.5. The third kappa shape index (κ3) is 3.37. The van der Waals surface area contributed by atoms with Crippen LogP contribution in [0.4, 0.5) is 8.78 Å². The van der Waals surface area contributed by atoms with Gasteiger partial charge in [0.15, 0.2) is 17.2 Å². The maximum Gasteiger partial charge on any atom is 0.178 e. The Balaban J connectivity index is 2.74. The Hall–Kier alpha value is -1.93. The molecule has 0 spiro atoms. The summed E-state index contributed by atoms with van der Waals surface area (Å²) in [5, 5.41) is 19.8. The highest BCUT2D eigenvalue weighted by Crippen LogP contribution is 2.36. The van der Waals surface area contributed by atoms with Crippen molar-refractivity contribution < 1.29 is 19.0 Å². The van der Waals surface area contributed by atoms with Crippen molar-refractivity contribution in [2.45, 2.75) is 19.4 Å². The summed E-state index contributed by atoms with van der Waals surface area (Å²) >= 11 is 5.99. The van der Waals surface area contributed by atoms with Gasteiger partial charge in [-0.2, -0.15) is 0 Å². The molecule has 120 valence electrons. The summed E-state index contributed by atoms with van der Waals surface area (Å²) in [6.07, 6.45) is 0. The molecule has 0 fully saturated rings. The molecule has 0 radical (unpaired) electrons. The average Bonchev–Trinajstić information content (AvgIpc) is 2.51. The maximum atomic E-state index is 13.6. The Labute approximate surface area is 138 Å². The van der Waals surface area contributed by atoms with Crippen LogP contribution in [0, 0.1) is 37.3 Å². The highest BCUT2D eigenvalue weighted by Gasteiger charge is 2.33. The maximum absolute atomic E-state index is 13.6. The molecule has 0 amide bonds. The van der Waals surface area contributed by atoms with E-state index in [2.05, 4.69) is 11.8 Å². The van der Waals surface area contributed by atoms with Crippen LogP contribution in [0.5, 0.6) is 0 Å².